The predicted octanol–water partition coefficient (Wildman–Crippen LogP) is 4.36. The zero-order valence-electron chi connectivity index (χ0n) is 15.3. The van der Waals surface area contributed by atoms with Crippen molar-refractivity contribution in [2.24, 2.45) is 0 Å². The number of aryl methyl sites for hydroxylation is 1. The number of para-hydroxylation sites is 1. The number of hydrogen-bond donors (Lipinski definition) is 0. The van der Waals surface area contributed by atoms with Crippen molar-refractivity contribution < 1.29 is 4.74 Å². The molecule has 0 aliphatic carbocycles. The molecule has 0 unspecified atom stereocenters. The molecule has 0 saturated carbocycles. The van der Waals surface area contributed by atoms with E-state index in [1.54, 1.807) is 23.9 Å². The fraction of sp³-hybridized carbons (Fsp3) is 0.136. The first-order chi connectivity index (χ1) is 13.7. The van der Waals surface area contributed by atoms with Gasteiger partial charge >= 0.3 is 0 Å². The van der Waals surface area contributed by atoms with E-state index in [0.717, 1.165) is 11.1 Å². The number of fused-ring (bicyclic) bond motifs is 1. The molecule has 4 aromatic rings. The lowest BCUT2D eigenvalue weighted by Crippen LogP contribution is -2.25. The molecule has 5 nitrogen and oxygen atoms in total. The number of aromatic nitrogens is 3. The Morgan fingerprint density at radius 1 is 1.04 bits per heavy atom. The van der Waals surface area contributed by atoms with Gasteiger partial charge in [-0.25, -0.2) is 9.97 Å². The Hall–Kier alpha value is -3.18. The van der Waals surface area contributed by atoms with Crippen molar-refractivity contribution in [3.63, 3.8) is 0 Å². The van der Waals surface area contributed by atoms with Gasteiger partial charge in [0, 0.05) is 12.7 Å². The number of rotatable bonds is 5. The number of pyridine rings is 1. The first-order valence-electron chi connectivity index (χ1n) is 8.91. The van der Waals surface area contributed by atoms with Crippen LogP contribution in [0.3, 0.4) is 0 Å². The van der Waals surface area contributed by atoms with Gasteiger partial charge in [-0.2, -0.15) is 0 Å². The van der Waals surface area contributed by atoms with E-state index in [0.29, 0.717) is 35.4 Å². The first-order valence-corrected chi connectivity index (χ1v) is 9.29. The highest BCUT2D eigenvalue weighted by Crippen LogP contribution is 2.29. The second-order valence-electron chi connectivity index (χ2n) is 6.32. The molecular formula is C22H18ClN3O2. The number of benzene rings is 2. The van der Waals surface area contributed by atoms with E-state index in [9.17, 15) is 4.79 Å². The molecule has 0 fully saturated rings. The van der Waals surface area contributed by atoms with Gasteiger partial charge < -0.3 is 4.74 Å². The van der Waals surface area contributed by atoms with Crippen molar-refractivity contribution in [3.05, 3.63) is 87.9 Å². The maximum atomic E-state index is 13.3. The Labute approximate surface area is 167 Å². The number of nitrogens with zero attached hydrogens (tertiary/aromatic N) is 3. The van der Waals surface area contributed by atoms with E-state index < -0.39 is 0 Å². The van der Waals surface area contributed by atoms with Crippen molar-refractivity contribution in [1.29, 1.82) is 0 Å². The van der Waals surface area contributed by atoms with Gasteiger partial charge in [-0.15, -0.1) is 0 Å². The molecule has 0 spiro atoms. The molecule has 6 heteroatoms. The summed E-state index contributed by atoms with van der Waals surface area (Å²) in [6.45, 7) is 0.463. The van der Waals surface area contributed by atoms with Crippen molar-refractivity contribution in [2.75, 3.05) is 7.11 Å². The molecule has 0 atom stereocenters. The third-order valence-electron chi connectivity index (χ3n) is 4.64. The minimum atomic E-state index is -0.208. The highest BCUT2D eigenvalue weighted by atomic mass is 35.5. The van der Waals surface area contributed by atoms with Crippen LogP contribution in [-0.2, 0) is 13.0 Å². The summed E-state index contributed by atoms with van der Waals surface area (Å²) in [5, 5.41) is 0.492. The highest BCUT2D eigenvalue weighted by Gasteiger charge is 2.18. The molecule has 2 aromatic heterocycles. The average Bonchev–Trinajstić information content (AvgIpc) is 2.73. The molecule has 140 valence electrons. The lowest BCUT2D eigenvalue weighted by molar-refractivity contribution is 0.415. The molecule has 0 aliphatic rings. The number of halogens is 1. The Kier molecular flexibility index (Phi) is 5.08. The maximum Gasteiger partial charge on any atom is 0.264 e. The molecule has 0 amide bonds. The van der Waals surface area contributed by atoms with E-state index >= 15 is 0 Å². The van der Waals surface area contributed by atoms with Crippen LogP contribution in [0.1, 0.15) is 5.56 Å². The second-order valence-corrected chi connectivity index (χ2v) is 6.68. The zero-order chi connectivity index (χ0) is 19.5. The van der Waals surface area contributed by atoms with Gasteiger partial charge in [0.15, 0.2) is 0 Å². The summed E-state index contributed by atoms with van der Waals surface area (Å²) in [5.41, 5.74) is 2.20. The van der Waals surface area contributed by atoms with Gasteiger partial charge in [0.1, 0.15) is 22.1 Å². The monoisotopic (exact) mass is 391 g/mol. The predicted molar refractivity (Wildman–Crippen MR) is 111 cm³/mol. The van der Waals surface area contributed by atoms with Crippen molar-refractivity contribution >= 4 is 22.5 Å². The minimum Gasteiger partial charge on any atom is -0.496 e. The van der Waals surface area contributed by atoms with E-state index in [1.165, 1.54) is 0 Å². The second kappa shape index (κ2) is 7.82. The Balaban J connectivity index is 1.93. The molecule has 0 saturated heterocycles. The molecule has 2 heterocycles. The summed E-state index contributed by atoms with van der Waals surface area (Å²) in [4.78, 5) is 22.1. The fourth-order valence-corrected chi connectivity index (χ4v) is 3.49. The van der Waals surface area contributed by atoms with Crippen molar-refractivity contribution in [1.82, 2.24) is 14.5 Å². The smallest absolute Gasteiger partial charge is 0.264 e. The van der Waals surface area contributed by atoms with Gasteiger partial charge in [-0.1, -0.05) is 54.1 Å². The molecule has 4 rings (SSSR count). The number of hydrogen-bond acceptors (Lipinski definition) is 4. The van der Waals surface area contributed by atoms with E-state index in [-0.39, 0.29) is 10.7 Å². The van der Waals surface area contributed by atoms with Gasteiger partial charge in [-0.3, -0.25) is 9.36 Å². The van der Waals surface area contributed by atoms with E-state index in [2.05, 4.69) is 4.98 Å². The normalized spacial score (nSPS) is 10.9. The molecule has 0 N–H and O–H groups in total. The van der Waals surface area contributed by atoms with Crippen LogP contribution >= 0.6 is 11.6 Å². The lowest BCUT2D eigenvalue weighted by atomic mass is 10.1. The Bertz CT molecular complexity index is 1190. The van der Waals surface area contributed by atoms with Crippen LogP contribution < -0.4 is 10.3 Å². The summed E-state index contributed by atoms with van der Waals surface area (Å²) < 4.78 is 7.15. The van der Waals surface area contributed by atoms with Gasteiger partial charge in [0.05, 0.1) is 18.2 Å². The standard InChI is InChI=1S/C22H18ClN3O2/c1-28-18-10-6-5-9-16(18)21-25-17-11-13-24-20(23)19(17)22(27)26(21)14-12-15-7-3-2-4-8-15/h2-11,13H,12,14H2,1H3. The largest absolute Gasteiger partial charge is 0.496 e. The van der Waals surface area contributed by atoms with Crippen LogP contribution in [0.4, 0.5) is 0 Å². The zero-order valence-corrected chi connectivity index (χ0v) is 16.1. The molecule has 0 radical (unpaired) electrons. The summed E-state index contributed by atoms with van der Waals surface area (Å²) in [7, 11) is 1.60. The summed E-state index contributed by atoms with van der Waals surface area (Å²) in [5.74, 6) is 1.20. The van der Waals surface area contributed by atoms with Gasteiger partial charge in [0.2, 0.25) is 0 Å². The summed E-state index contributed by atoms with van der Waals surface area (Å²) in [6, 6.07) is 19.2. The Morgan fingerprint density at radius 2 is 1.79 bits per heavy atom. The van der Waals surface area contributed by atoms with Crippen LogP contribution in [0.15, 0.2) is 71.7 Å². The SMILES string of the molecule is COc1ccccc1-c1nc2ccnc(Cl)c2c(=O)n1CCc1ccccc1. The third kappa shape index (κ3) is 3.37. The van der Waals surface area contributed by atoms with E-state index in [1.807, 2.05) is 54.6 Å². The first kappa shape index (κ1) is 18.2. The maximum absolute atomic E-state index is 13.3. The quantitative estimate of drug-likeness (QED) is 0.474. The summed E-state index contributed by atoms with van der Waals surface area (Å²) in [6.07, 6.45) is 2.24. The average molecular weight is 392 g/mol. The van der Waals surface area contributed by atoms with Crippen LogP contribution in [0.25, 0.3) is 22.3 Å². The van der Waals surface area contributed by atoms with Gasteiger partial charge in [0.25, 0.3) is 5.56 Å². The Morgan fingerprint density at radius 3 is 2.57 bits per heavy atom. The van der Waals surface area contributed by atoms with Crippen molar-refractivity contribution in [3.8, 4) is 17.1 Å². The molecule has 0 aliphatic heterocycles. The molecule has 28 heavy (non-hydrogen) atoms. The topological polar surface area (TPSA) is 57.0 Å². The molecular weight excluding hydrogens is 374 g/mol. The molecule has 0 bridgehead atoms. The van der Waals surface area contributed by atoms with Crippen LogP contribution in [-0.4, -0.2) is 21.6 Å². The van der Waals surface area contributed by atoms with Gasteiger partial charge in [-0.05, 0) is 30.2 Å². The lowest BCUT2D eigenvalue weighted by Gasteiger charge is -2.16. The van der Waals surface area contributed by atoms with Crippen molar-refractivity contribution in [2.45, 2.75) is 13.0 Å². The number of methoxy groups -OCH3 is 1. The van der Waals surface area contributed by atoms with E-state index in [4.69, 9.17) is 21.3 Å². The highest BCUT2D eigenvalue weighted by molar-refractivity contribution is 6.33. The summed E-state index contributed by atoms with van der Waals surface area (Å²) >= 11 is 6.22. The van der Waals surface area contributed by atoms with Crippen LogP contribution in [0.5, 0.6) is 5.75 Å². The number of ether oxygens (including phenoxy) is 1. The fourth-order valence-electron chi connectivity index (χ4n) is 3.25. The minimum absolute atomic E-state index is 0.162. The van der Waals surface area contributed by atoms with Crippen LogP contribution in [0, 0.1) is 0 Å². The third-order valence-corrected chi connectivity index (χ3v) is 4.93. The van der Waals surface area contributed by atoms with Crippen LogP contribution in [0.2, 0.25) is 5.15 Å². The molecule has 2 aromatic carbocycles.